The molecule has 1 aliphatic rings. The number of carbonyl (C=O) groups is 1. The van der Waals surface area contributed by atoms with E-state index in [1.54, 1.807) is 11.3 Å². The quantitative estimate of drug-likeness (QED) is 0.569. The molecule has 0 aromatic carbocycles. The van der Waals surface area contributed by atoms with Crippen molar-refractivity contribution in [1.82, 2.24) is 19.7 Å². The first-order valence-electron chi connectivity index (χ1n) is 9.75. The number of aromatic nitrogens is 4. The maximum Gasteiger partial charge on any atom is 0.160 e. The molecule has 4 rings (SSSR count). The molecular weight excluding hydrogens is 382 g/mol. The summed E-state index contributed by atoms with van der Waals surface area (Å²) in [5.41, 5.74) is 5.51. The lowest BCUT2D eigenvalue weighted by Gasteiger charge is -2.09. The lowest BCUT2D eigenvalue weighted by atomic mass is 10.0. The molecule has 0 saturated carbocycles. The summed E-state index contributed by atoms with van der Waals surface area (Å²) in [4.78, 5) is 20.0. The smallest absolute Gasteiger partial charge is 0.160 e. The van der Waals surface area contributed by atoms with Gasteiger partial charge in [-0.2, -0.15) is 0 Å². The standard InChI is InChI=1S/C17H17N5S.C3H6O.C2H6/c1-9-5-6-13(7-18-9)16-15-10(2)11(3)23-17(15)22-12(4)20-21-14(22)8-19-16;1-3(2)4;1-2/h5-7H,8H2,1-4H3;1-2H3;1-2H3. The van der Waals surface area contributed by atoms with Gasteiger partial charge in [0.05, 0.1) is 5.71 Å². The number of aliphatic imine (C=N–C) groups is 1. The third-order valence-corrected chi connectivity index (χ3v) is 5.45. The minimum Gasteiger partial charge on any atom is -0.300 e. The highest BCUT2D eigenvalue weighted by molar-refractivity contribution is 7.15. The molecule has 3 aromatic rings. The highest BCUT2D eigenvalue weighted by Gasteiger charge is 2.26. The maximum absolute atomic E-state index is 9.44. The zero-order valence-electron chi connectivity index (χ0n) is 18.5. The zero-order valence-corrected chi connectivity index (χ0v) is 19.3. The predicted octanol–water partition coefficient (Wildman–Crippen LogP) is 4.93. The summed E-state index contributed by atoms with van der Waals surface area (Å²) in [5, 5.41) is 9.68. The largest absolute Gasteiger partial charge is 0.300 e. The summed E-state index contributed by atoms with van der Waals surface area (Å²) in [6.45, 7) is 15.9. The third kappa shape index (κ3) is 4.85. The van der Waals surface area contributed by atoms with Gasteiger partial charge in [-0.15, -0.1) is 21.5 Å². The third-order valence-electron chi connectivity index (χ3n) is 4.26. The number of aryl methyl sites for hydroxylation is 3. The van der Waals surface area contributed by atoms with Crippen molar-refractivity contribution in [1.29, 1.82) is 0 Å². The van der Waals surface area contributed by atoms with Crippen molar-refractivity contribution in [2.45, 2.75) is 61.9 Å². The number of Topliss-reactive ketones (excluding diaryl/α,β-unsaturated/α-hetero) is 1. The fraction of sp³-hybridized carbons (Fsp3) is 0.409. The van der Waals surface area contributed by atoms with Gasteiger partial charge in [-0.05, 0) is 59.2 Å². The lowest BCUT2D eigenvalue weighted by molar-refractivity contribution is -0.114. The van der Waals surface area contributed by atoms with E-state index in [0.717, 1.165) is 33.6 Å². The first-order chi connectivity index (χ1) is 13.8. The minimum absolute atomic E-state index is 0.167. The Kier molecular flexibility index (Phi) is 7.56. The molecule has 0 fully saturated rings. The molecule has 3 aromatic heterocycles. The summed E-state index contributed by atoms with van der Waals surface area (Å²) in [6, 6.07) is 4.12. The minimum atomic E-state index is 0.167. The van der Waals surface area contributed by atoms with Crippen molar-refractivity contribution < 1.29 is 4.79 Å². The van der Waals surface area contributed by atoms with Crippen LogP contribution in [0.15, 0.2) is 23.3 Å². The number of hydrogen-bond acceptors (Lipinski definition) is 6. The first kappa shape index (κ1) is 22.6. The SMILES string of the molecule is CC.CC(C)=O.Cc1ccc(C2=NCc3nnc(C)n3-c3sc(C)c(C)c32)cn1. The van der Waals surface area contributed by atoms with E-state index in [9.17, 15) is 4.79 Å². The number of hydrogen-bond donors (Lipinski definition) is 0. The molecule has 0 spiro atoms. The van der Waals surface area contributed by atoms with Crippen LogP contribution in [0.4, 0.5) is 0 Å². The van der Waals surface area contributed by atoms with Gasteiger partial charge in [0.25, 0.3) is 0 Å². The Morgan fingerprint density at radius 3 is 2.31 bits per heavy atom. The fourth-order valence-corrected chi connectivity index (χ4v) is 4.12. The number of rotatable bonds is 1. The van der Waals surface area contributed by atoms with Gasteiger partial charge in [-0.3, -0.25) is 14.5 Å². The van der Waals surface area contributed by atoms with Gasteiger partial charge in [0.2, 0.25) is 0 Å². The molecule has 154 valence electrons. The number of fused-ring (bicyclic) bond motifs is 3. The highest BCUT2D eigenvalue weighted by Crippen LogP contribution is 2.35. The van der Waals surface area contributed by atoms with Crippen molar-refractivity contribution in [3.8, 4) is 5.00 Å². The van der Waals surface area contributed by atoms with Crippen LogP contribution in [0.25, 0.3) is 5.00 Å². The highest BCUT2D eigenvalue weighted by atomic mass is 32.1. The zero-order chi connectivity index (χ0) is 21.7. The van der Waals surface area contributed by atoms with Crippen LogP contribution in [0.1, 0.15) is 66.6 Å². The molecule has 7 heteroatoms. The van der Waals surface area contributed by atoms with Crippen molar-refractivity contribution in [3.63, 3.8) is 0 Å². The van der Waals surface area contributed by atoms with Crippen LogP contribution in [0.3, 0.4) is 0 Å². The van der Waals surface area contributed by atoms with E-state index in [-0.39, 0.29) is 5.78 Å². The van der Waals surface area contributed by atoms with Crippen LogP contribution in [0.2, 0.25) is 0 Å². The molecule has 0 saturated heterocycles. The Bertz CT molecular complexity index is 1020. The number of thiophene rings is 1. The van der Waals surface area contributed by atoms with E-state index < -0.39 is 0 Å². The molecule has 0 unspecified atom stereocenters. The molecule has 0 radical (unpaired) electrons. The molecule has 29 heavy (non-hydrogen) atoms. The average Bonchev–Trinajstić information content (AvgIpc) is 3.12. The van der Waals surface area contributed by atoms with Crippen molar-refractivity contribution in [2.24, 2.45) is 4.99 Å². The summed E-state index contributed by atoms with van der Waals surface area (Å²) in [5.74, 6) is 1.96. The number of ketones is 1. The van der Waals surface area contributed by atoms with Crippen LogP contribution in [-0.2, 0) is 11.3 Å². The number of pyridine rings is 1. The molecule has 0 amide bonds. The topological polar surface area (TPSA) is 73.0 Å². The predicted molar refractivity (Wildman–Crippen MR) is 119 cm³/mol. The van der Waals surface area contributed by atoms with E-state index in [1.165, 1.54) is 29.9 Å². The summed E-state index contributed by atoms with van der Waals surface area (Å²) in [6.07, 6.45) is 1.91. The second kappa shape index (κ2) is 9.69. The molecule has 0 aliphatic carbocycles. The van der Waals surface area contributed by atoms with Crippen molar-refractivity contribution in [3.05, 3.63) is 57.2 Å². The molecule has 0 atom stereocenters. The van der Waals surface area contributed by atoms with Crippen LogP contribution in [-0.4, -0.2) is 31.2 Å². The van der Waals surface area contributed by atoms with E-state index >= 15 is 0 Å². The van der Waals surface area contributed by atoms with E-state index in [2.05, 4.69) is 39.7 Å². The molecular formula is C22H29N5OS. The number of nitrogens with zero attached hydrogens (tertiary/aromatic N) is 5. The molecule has 6 nitrogen and oxygen atoms in total. The Morgan fingerprint density at radius 2 is 1.72 bits per heavy atom. The van der Waals surface area contributed by atoms with Gasteiger partial charge in [-0.25, -0.2) is 0 Å². The number of carbonyl (C=O) groups excluding carboxylic acids is 1. The Balaban J connectivity index is 0.000000449. The van der Waals surface area contributed by atoms with Gasteiger partial charge >= 0.3 is 0 Å². The maximum atomic E-state index is 9.44. The van der Waals surface area contributed by atoms with Gasteiger partial charge in [-0.1, -0.05) is 13.8 Å². The van der Waals surface area contributed by atoms with Gasteiger partial charge < -0.3 is 4.79 Å². The molecule has 0 bridgehead atoms. The fourth-order valence-electron chi connectivity index (χ4n) is 2.89. The van der Waals surface area contributed by atoms with Crippen molar-refractivity contribution in [2.75, 3.05) is 0 Å². The van der Waals surface area contributed by atoms with Gasteiger partial charge in [0, 0.05) is 27.9 Å². The Hall–Kier alpha value is -2.67. The first-order valence-corrected chi connectivity index (χ1v) is 10.6. The normalized spacial score (nSPS) is 11.7. The average molecular weight is 412 g/mol. The van der Waals surface area contributed by atoms with Crippen LogP contribution >= 0.6 is 11.3 Å². The van der Waals surface area contributed by atoms with E-state index in [4.69, 9.17) is 4.99 Å². The summed E-state index contributed by atoms with van der Waals surface area (Å²) < 4.78 is 2.14. The van der Waals surface area contributed by atoms with Gasteiger partial charge in [0.1, 0.15) is 23.2 Å². The molecule has 1 aliphatic heterocycles. The van der Waals surface area contributed by atoms with E-state index in [0.29, 0.717) is 6.54 Å². The molecule has 4 heterocycles. The Labute approximate surface area is 176 Å². The van der Waals surface area contributed by atoms with E-state index in [1.807, 2.05) is 40.0 Å². The summed E-state index contributed by atoms with van der Waals surface area (Å²) in [7, 11) is 0. The second-order valence-corrected chi connectivity index (χ2v) is 7.93. The Morgan fingerprint density at radius 1 is 1.07 bits per heavy atom. The molecule has 0 N–H and O–H groups in total. The van der Waals surface area contributed by atoms with Crippen LogP contribution in [0, 0.1) is 27.7 Å². The van der Waals surface area contributed by atoms with Crippen LogP contribution < -0.4 is 0 Å². The van der Waals surface area contributed by atoms with Crippen molar-refractivity contribution >= 4 is 22.8 Å². The second-order valence-electron chi connectivity index (χ2n) is 6.72. The van der Waals surface area contributed by atoms with Crippen LogP contribution in [0.5, 0.6) is 0 Å². The van der Waals surface area contributed by atoms with Gasteiger partial charge in [0.15, 0.2) is 5.82 Å². The monoisotopic (exact) mass is 411 g/mol. The lowest BCUT2D eigenvalue weighted by Crippen LogP contribution is -2.07. The summed E-state index contributed by atoms with van der Waals surface area (Å²) >= 11 is 1.77.